The number of amides is 1. The monoisotopic (exact) mass is 344 g/mol. The molecule has 25 heavy (non-hydrogen) atoms. The van der Waals surface area contributed by atoms with E-state index in [0.29, 0.717) is 17.9 Å². The van der Waals surface area contributed by atoms with Gasteiger partial charge in [0.15, 0.2) is 0 Å². The number of carbonyl (C=O) groups is 1. The summed E-state index contributed by atoms with van der Waals surface area (Å²) in [7, 11) is 0. The average Bonchev–Trinajstić information content (AvgIpc) is 3.33. The number of hydrogen-bond acceptors (Lipinski definition) is 2. The molecule has 0 saturated heterocycles. The molecule has 2 N–H and O–H groups in total. The molecule has 4 nitrogen and oxygen atoms in total. The zero-order chi connectivity index (χ0) is 18.0. The Hall–Kier alpha value is -1.55. The highest BCUT2D eigenvalue weighted by Crippen LogP contribution is 2.41. The van der Waals surface area contributed by atoms with E-state index < -0.39 is 6.09 Å². The minimum Gasteiger partial charge on any atom is -0.465 e. The molecule has 0 spiro atoms. The maximum absolute atomic E-state index is 11.6. The molecular weight excluding hydrogens is 312 g/mol. The minimum atomic E-state index is -0.780. The van der Waals surface area contributed by atoms with Crippen LogP contribution in [-0.2, 0) is 0 Å². The van der Waals surface area contributed by atoms with Gasteiger partial charge in [-0.2, -0.15) is 0 Å². The number of carboxylic acid groups (broad SMARTS) is 1. The van der Waals surface area contributed by atoms with Crippen LogP contribution in [0.1, 0.15) is 64.4 Å². The van der Waals surface area contributed by atoms with Crippen LogP contribution in [0.3, 0.4) is 0 Å². The summed E-state index contributed by atoms with van der Waals surface area (Å²) in [6.07, 6.45) is 4.69. The van der Waals surface area contributed by atoms with E-state index in [9.17, 15) is 9.90 Å². The highest BCUT2D eigenvalue weighted by atomic mass is 16.4. The molecule has 2 atom stereocenters. The first-order chi connectivity index (χ1) is 11.9. The van der Waals surface area contributed by atoms with E-state index in [1.54, 1.807) is 4.90 Å². The van der Waals surface area contributed by atoms with Gasteiger partial charge in [0.05, 0.1) is 0 Å². The van der Waals surface area contributed by atoms with Gasteiger partial charge in [0, 0.05) is 23.5 Å². The summed E-state index contributed by atoms with van der Waals surface area (Å²) in [5.74, 6) is 1.37. The van der Waals surface area contributed by atoms with Gasteiger partial charge in [0.1, 0.15) is 0 Å². The molecule has 4 heteroatoms. The lowest BCUT2D eigenvalue weighted by Gasteiger charge is -2.42. The van der Waals surface area contributed by atoms with Crippen molar-refractivity contribution in [3.8, 4) is 0 Å². The Morgan fingerprint density at radius 1 is 1.16 bits per heavy atom. The minimum absolute atomic E-state index is 0.173. The highest BCUT2D eigenvalue weighted by molar-refractivity contribution is 5.66. The molecule has 2 aliphatic carbocycles. The van der Waals surface area contributed by atoms with Crippen LogP contribution in [0.5, 0.6) is 0 Å². The van der Waals surface area contributed by atoms with Crippen LogP contribution in [0.15, 0.2) is 30.3 Å². The summed E-state index contributed by atoms with van der Waals surface area (Å²) in [5, 5.41) is 13.3. The number of nitrogens with zero attached hydrogens (tertiary/aromatic N) is 1. The number of rotatable bonds is 5. The lowest BCUT2D eigenvalue weighted by molar-refractivity contribution is 0.0504. The van der Waals surface area contributed by atoms with Gasteiger partial charge >= 0.3 is 6.09 Å². The summed E-state index contributed by atoms with van der Waals surface area (Å²) in [6, 6.07) is 11.6. The molecule has 1 aromatic rings. The summed E-state index contributed by atoms with van der Waals surface area (Å²) < 4.78 is 0. The Labute approximate surface area is 151 Å². The molecule has 0 heterocycles. The molecule has 2 unspecified atom stereocenters. The first-order valence-corrected chi connectivity index (χ1v) is 9.67. The molecule has 2 fully saturated rings. The second kappa shape index (κ2) is 7.36. The van der Waals surface area contributed by atoms with E-state index in [1.807, 2.05) is 20.8 Å². The molecule has 1 aromatic carbocycles. The van der Waals surface area contributed by atoms with Crippen LogP contribution >= 0.6 is 0 Å². The predicted octanol–water partition coefficient (Wildman–Crippen LogP) is 4.47. The molecule has 0 bridgehead atoms. The fourth-order valence-electron chi connectivity index (χ4n) is 4.41. The van der Waals surface area contributed by atoms with Gasteiger partial charge in [-0.3, -0.25) is 0 Å². The van der Waals surface area contributed by atoms with Crippen LogP contribution < -0.4 is 5.32 Å². The predicted molar refractivity (Wildman–Crippen MR) is 101 cm³/mol. The Bertz CT molecular complexity index is 573. The molecule has 2 aliphatic rings. The lowest BCUT2D eigenvalue weighted by atomic mass is 9.84. The van der Waals surface area contributed by atoms with Crippen molar-refractivity contribution in [2.24, 2.45) is 5.92 Å². The molecule has 0 aromatic heterocycles. The van der Waals surface area contributed by atoms with Crippen LogP contribution in [0.2, 0.25) is 0 Å². The van der Waals surface area contributed by atoms with Crippen molar-refractivity contribution in [2.45, 2.75) is 76.4 Å². The van der Waals surface area contributed by atoms with Gasteiger partial charge in [-0.25, -0.2) is 4.79 Å². The summed E-state index contributed by atoms with van der Waals surface area (Å²) in [4.78, 5) is 13.3. The van der Waals surface area contributed by atoms with Gasteiger partial charge in [-0.1, -0.05) is 30.3 Å². The third-order valence-corrected chi connectivity index (χ3v) is 5.80. The van der Waals surface area contributed by atoms with E-state index in [1.165, 1.54) is 12.0 Å². The second-order valence-corrected chi connectivity index (χ2v) is 8.77. The number of benzene rings is 1. The third kappa shape index (κ3) is 4.55. The van der Waals surface area contributed by atoms with Crippen LogP contribution in [0, 0.1) is 5.92 Å². The van der Waals surface area contributed by atoms with E-state index in [4.69, 9.17) is 0 Å². The first kappa shape index (κ1) is 18.2. The van der Waals surface area contributed by atoms with E-state index >= 15 is 0 Å². The molecule has 1 amide bonds. The Morgan fingerprint density at radius 2 is 1.80 bits per heavy atom. The van der Waals surface area contributed by atoms with Crippen molar-refractivity contribution in [2.75, 3.05) is 6.54 Å². The van der Waals surface area contributed by atoms with Crippen molar-refractivity contribution in [1.82, 2.24) is 10.2 Å². The Morgan fingerprint density at radius 3 is 2.36 bits per heavy atom. The molecule has 0 radical (unpaired) electrons. The van der Waals surface area contributed by atoms with Crippen molar-refractivity contribution in [1.29, 1.82) is 0 Å². The fourth-order valence-corrected chi connectivity index (χ4v) is 4.41. The number of nitrogens with one attached hydrogen (secondary N) is 1. The van der Waals surface area contributed by atoms with Gasteiger partial charge < -0.3 is 15.3 Å². The summed E-state index contributed by atoms with van der Waals surface area (Å²) in [6.45, 7) is 7.05. The quantitative estimate of drug-likeness (QED) is 0.828. The maximum Gasteiger partial charge on any atom is 0.407 e. The zero-order valence-corrected chi connectivity index (χ0v) is 15.7. The third-order valence-electron chi connectivity index (χ3n) is 5.80. The molecule has 2 saturated carbocycles. The Balaban J connectivity index is 1.42. The van der Waals surface area contributed by atoms with E-state index in [-0.39, 0.29) is 11.6 Å². The SMILES string of the molecule is CC(C)(C)N(C(=O)O)[C@H]1CC[C@H](CNC2CC2c2ccccc2)CC1. The molecule has 138 valence electrons. The second-order valence-electron chi connectivity index (χ2n) is 8.77. The molecular formula is C21H32N2O2. The van der Waals surface area contributed by atoms with Crippen molar-refractivity contribution in [3.63, 3.8) is 0 Å². The maximum atomic E-state index is 11.6. The normalized spacial score (nSPS) is 29.2. The Kier molecular flexibility index (Phi) is 5.38. The first-order valence-electron chi connectivity index (χ1n) is 9.67. The molecule has 0 aliphatic heterocycles. The lowest BCUT2D eigenvalue weighted by Crippen LogP contribution is -2.52. The zero-order valence-electron chi connectivity index (χ0n) is 15.7. The number of hydrogen-bond donors (Lipinski definition) is 2. The van der Waals surface area contributed by atoms with Crippen molar-refractivity contribution >= 4 is 6.09 Å². The smallest absolute Gasteiger partial charge is 0.407 e. The van der Waals surface area contributed by atoms with E-state index in [0.717, 1.165) is 32.2 Å². The fraction of sp³-hybridized carbons (Fsp3) is 0.667. The highest BCUT2D eigenvalue weighted by Gasteiger charge is 2.39. The van der Waals surface area contributed by atoms with Gasteiger partial charge in [-0.15, -0.1) is 0 Å². The van der Waals surface area contributed by atoms with Crippen molar-refractivity contribution in [3.05, 3.63) is 35.9 Å². The average molecular weight is 344 g/mol. The standard InChI is InChI=1S/C21H32N2O2/c1-21(2,3)23(20(24)25)17-11-9-15(10-12-17)14-22-19-13-18(19)16-7-5-4-6-8-16/h4-8,15,17-19,22H,9-14H2,1-3H3,(H,24,25)/t15-,17-,18?,19?. The van der Waals surface area contributed by atoms with Crippen LogP contribution in [0.25, 0.3) is 0 Å². The van der Waals surface area contributed by atoms with Gasteiger partial charge in [0.2, 0.25) is 0 Å². The summed E-state index contributed by atoms with van der Waals surface area (Å²) in [5.41, 5.74) is 1.13. The van der Waals surface area contributed by atoms with Gasteiger partial charge in [0.25, 0.3) is 0 Å². The van der Waals surface area contributed by atoms with Gasteiger partial charge in [-0.05, 0) is 70.9 Å². The largest absolute Gasteiger partial charge is 0.465 e. The summed E-state index contributed by atoms with van der Waals surface area (Å²) >= 11 is 0. The van der Waals surface area contributed by atoms with Crippen LogP contribution in [-0.4, -0.2) is 40.3 Å². The topological polar surface area (TPSA) is 52.6 Å². The molecule has 3 rings (SSSR count). The van der Waals surface area contributed by atoms with E-state index in [2.05, 4.69) is 35.6 Å². The van der Waals surface area contributed by atoms with Crippen LogP contribution in [0.4, 0.5) is 4.79 Å². The van der Waals surface area contributed by atoms with Crippen molar-refractivity contribution < 1.29 is 9.90 Å².